The molecule has 0 fully saturated rings. The van der Waals surface area contributed by atoms with Gasteiger partial charge in [0.05, 0.1) is 23.4 Å². The van der Waals surface area contributed by atoms with Gasteiger partial charge in [0.1, 0.15) is 0 Å². The van der Waals surface area contributed by atoms with E-state index in [9.17, 15) is 4.79 Å². The highest BCUT2D eigenvalue weighted by Gasteiger charge is 2.12. The molecule has 0 aliphatic heterocycles. The van der Waals surface area contributed by atoms with Crippen LogP contribution in [-0.2, 0) is 0 Å². The minimum atomic E-state index is -0.0719. The molecule has 5 heteroatoms. The Balaban J connectivity index is 1.79. The number of H-pyrrole nitrogens is 1. The zero-order valence-electron chi connectivity index (χ0n) is 10.4. The second-order valence-electron chi connectivity index (χ2n) is 4.35. The maximum absolute atomic E-state index is 12.2. The van der Waals surface area contributed by atoms with Crippen LogP contribution >= 0.6 is 11.3 Å². The van der Waals surface area contributed by atoms with Gasteiger partial charge < -0.3 is 10.3 Å². The van der Waals surface area contributed by atoms with Gasteiger partial charge in [0.2, 0.25) is 0 Å². The van der Waals surface area contributed by atoms with Gasteiger partial charge in [0.25, 0.3) is 5.91 Å². The number of fused-ring (bicyclic) bond motifs is 1. The normalized spacial score (nSPS) is 12.5. The number of rotatable bonds is 3. The Hall–Kier alpha value is -2.14. The lowest BCUT2D eigenvalue weighted by Gasteiger charge is -2.12. The average molecular weight is 271 g/mol. The van der Waals surface area contributed by atoms with Crippen LogP contribution in [0.1, 0.15) is 28.2 Å². The van der Waals surface area contributed by atoms with Gasteiger partial charge in [-0.3, -0.25) is 4.79 Å². The lowest BCUT2D eigenvalue weighted by Crippen LogP contribution is -2.26. The summed E-state index contributed by atoms with van der Waals surface area (Å²) in [5.74, 6) is -0.0719. The van der Waals surface area contributed by atoms with Crippen LogP contribution in [-0.4, -0.2) is 15.9 Å². The van der Waals surface area contributed by atoms with Crippen molar-refractivity contribution in [2.24, 2.45) is 0 Å². The number of aromatic nitrogens is 2. The highest BCUT2D eigenvalue weighted by molar-refractivity contribution is 7.10. The minimum absolute atomic E-state index is 0.0185. The van der Waals surface area contributed by atoms with Gasteiger partial charge in [-0.05, 0) is 36.6 Å². The number of nitrogens with one attached hydrogen (secondary N) is 2. The SMILES string of the molecule is C[C@H](NC(=O)c1ccc2nc[nH]c2c1)c1cccs1. The van der Waals surface area contributed by atoms with E-state index in [1.807, 2.05) is 36.6 Å². The molecule has 0 saturated carbocycles. The lowest BCUT2D eigenvalue weighted by molar-refractivity contribution is 0.0940. The summed E-state index contributed by atoms with van der Waals surface area (Å²) in [6.07, 6.45) is 1.63. The molecule has 0 unspecified atom stereocenters. The smallest absolute Gasteiger partial charge is 0.251 e. The first kappa shape index (κ1) is 11.9. The number of thiophene rings is 1. The third kappa shape index (κ3) is 2.37. The van der Waals surface area contributed by atoms with E-state index in [0.29, 0.717) is 5.56 Å². The molecule has 3 rings (SSSR count). The predicted octanol–water partition coefficient (Wildman–Crippen LogP) is 3.12. The average Bonchev–Trinajstić information content (AvgIpc) is 3.09. The van der Waals surface area contributed by atoms with Gasteiger partial charge in [-0.15, -0.1) is 11.3 Å². The van der Waals surface area contributed by atoms with Crippen molar-refractivity contribution in [2.75, 3.05) is 0 Å². The van der Waals surface area contributed by atoms with Crippen LogP contribution in [0.5, 0.6) is 0 Å². The molecular formula is C14H13N3OS. The van der Waals surface area contributed by atoms with Crippen molar-refractivity contribution in [1.82, 2.24) is 15.3 Å². The fourth-order valence-corrected chi connectivity index (χ4v) is 2.70. The summed E-state index contributed by atoms with van der Waals surface area (Å²) in [7, 11) is 0. The standard InChI is InChI=1S/C14H13N3OS/c1-9(13-3-2-6-19-13)17-14(18)10-4-5-11-12(7-10)16-8-15-11/h2-9H,1H3,(H,15,16)(H,17,18)/t9-/m0/s1. The van der Waals surface area contributed by atoms with Crippen LogP contribution in [0.25, 0.3) is 11.0 Å². The Morgan fingerprint density at radius 1 is 1.42 bits per heavy atom. The fraction of sp³-hybridized carbons (Fsp3) is 0.143. The predicted molar refractivity (Wildman–Crippen MR) is 76.3 cm³/mol. The van der Waals surface area contributed by atoms with E-state index in [-0.39, 0.29) is 11.9 Å². The monoisotopic (exact) mass is 271 g/mol. The summed E-state index contributed by atoms with van der Waals surface area (Å²) in [5, 5.41) is 5.00. The molecule has 3 aromatic rings. The molecule has 0 aliphatic carbocycles. The van der Waals surface area contributed by atoms with Gasteiger partial charge in [-0.2, -0.15) is 0 Å². The fourth-order valence-electron chi connectivity index (χ4n) is 1.97. The number of amides is 1. The zero-order valence-corrected chi connectivity index (χ0v) is 11.2. The second-order valence-corrected chi connectivity index (χ2v) is 5.32. The number of hydrogen-bond acceptors (Lipinski definition) is 3. The number of carbonyl (C=O) groups is 1. The van der Waals surface area contributed by atoms with E-state index in [2.05, 4.69) is 15.3 Å². The van der Waals surface area contributed by atoms with E-state index in [1.165, 1.54) is 0 Å². The van der Waals surface area contributed by atoms with Crippen LogP contribution < -0.4 is 5.32 Å². The summed E-state index contributed by atoms with van der Waals surface area (Å²) in [4.78, 5) is 20.5. The molecule has 2 N–H and O–H groups in total. The minimum Gasteiger partial charge on any atom is -0.345 e. The molecule has 19 heavy (non-hydrogen) atoms. The van der Waals surface area contributed by atoms with Crippen LogP contribution in [0.2, 0.25) is 0 Å². The third-order valence-electron chi connectivity index (χ3n) is 3.00. The van der Waals surface area contributed by atoms with Crippen molar-refractivity contribution in [1.29, 1.82) is 0 Å². The summed E-state index contributed by atoms with van der Waals surface area (Å²) in [5.41, 5.74) is 2.37. The maximum Gasteiger partial charge on any atom is 0.251 e. The van der Waals surface area contributed by atoms with E-state index in [4.69, 9.17) is 0 Å². The van der Waals surface area contributed by atoms with E-state index in [1.54, 1.807) is 23.7 Å². The molecule has 2 aromatic heterocycles. The summed E-state index contributed by atoms with van der Waals surface area (Å²) in [6, 6.07) is 9.48. The number of imidazole rings is 1. The first-order chi connectivity index (χ1) is 9.24. The molecule has 1 atom stereocenters. The Morgan fingerprint density at radius 2 is 2.32 bits per heavy atom. The van der Waals surface area contributed by atoms with Gasteiger partial charge in [0, 0.05) is 10.4 Å². The topological polar surface area (TPSA) is 57.8 Å². The Bertz CT molecular complexity index is 702. The zero-order chi connectivity index (χ0) is 13.2. The van der Waals surface area contributed by atoms with Gasteiger partial charge in [0.15, 0.2) is 0 Å². The highest BCUT2D eigenvalue weighted by atomic mass is 32.1. The molecule has 2 heterocycles. The molecule has 0 spiro atoms. The van der Waals surface area contributed by atoms with E-state index >= 15 is 0 Å². The summed E-state index contributed by atoms with van der Waals surface area (Å²) >= 11 is 1.64. The molecule has 0 bridgehead atoms. The van der Waals surface area contributed by atoms with Crippen molar-refractivity contribution >= 4 is 28.3 Å². The van der Waals surface area contributed by atoms with Crippen LogP contribution in [0, 0.1) is 0 Å². The number of benzene rings is 1. The van der Waals surface area contributed by atoms with Gasteiger partial charge >= 0.3 is 0 Å². The molecule has 0 saturated heterocycles. The number of hydrogen-bond donors (Lipinski definition) is 2. The third-order valence-corrected chi connectivity index (χ3v) is 4.06. The quantitative estimate of drug-likeness (QED) is 0.769. The number of nitrogens with zero attached hydrogens (tertiary/aromatic N) is 1. The van der Waals surface area contributed by atoms with Crippen LogP contribution in [0.4, 0.5) is 0 Å². The largest absolute Gasteiger partial charge is 0.345 e. The summed E-state index contributed by atoms with van der Waals surface area (Å²) in [6.45, 7) is 1.98. The molecule has 1 amide bonds. The van der Waals surface area contributed by atoms with Crippen molar-refractivity contribution in [3.63, 3.8) is 0 Å². The summed E-state index contributed by atoms with van der Waals surface area (Å²) < 4.78 is 0. The van der Waals surface area contributed by atoms with Crippen LogP contribution in [0.3, 0.4) is 0 Å². The molecule has 0 aliphatic rings. The molecule has 96 valence electrons. The van der Waals surface area contributed by atoms with Crippen molar-refractivity contribution in [2.45, 2.75) is 13.0 Å². The second kappa shape index (κ2) is 4.85. The molecular weight excluding hydrogens is 258 g/mol. The van der Waals surface area contributed by atoms with Crippen molar-refractivity contribution in [3.05, 3.63) is 52.5 Å². The maximum atomic E-state index is 12.2. The highest BCUT2D eigenvalue weighted by Crippen LogP contribution is 2.19. The molecule has 0 radical (unpaired) electrons. The first-order valence-electron chi connectivity index (χ1n) is 6.01. The molecule has 4 nitrogen and oxygen atoms in total. The van der Waals surface area contributed by atoms with Gasteiger partial charge in [-0.25, -0.2) is 4.98 Å². The number of aromatic amines is 1. The van der Waals surface area contributed by atoms with Crippen molar-refractivity contribution in [3.8, 4) is 0 Å². The first-order valence-corrected chi connectivity index (χ1v) is 6.89. The van der Waals surface area contributed by atoms with Gasteiger partial charge in [-0.1, -0.05) is 6.07 Å². The Morgan fingerprint density at radius 3 is 3.11 bits per heavy atom. The number of carbonyl (C=O) groups excluding carboxylic acids is 1. The van der Waals surface area contributed by atoms with E-state index < -0.39 is 0 Å². The van der Waals surface area contributed by atoms with E-state index in [0.717, 1.165) is 15.9 Å². The Kier molecular flexibility index (Phi) is 3.05. The lowest BCUT2D eigenvalue weighted by atomic mass is 10.1. The Labute approximate surface area is 114 Å². The van der Waals surface area contributed by atoms with Crippen LogP contribution in [0.15, 0.2) is 42.0 Å². The molecule has 1 aromatic carbocycles. The van der Waals surface area contributed by atoms with Crippen molar-refractivity contribution < 1.29 is 4.79 Å².